The van der Waals surface area contributed by atoms with Crippen LogP contribution in [0.3, 0.4) is 0 Å². The van der Waals surface area contributed by atoms with E-state index in [1.807, 2.05) is 12.1 Å². The number of benzene rings is 1. The Morgan fingerprint density at radius 2 is 1.91 bits per heavy atom. The number of aromatic nitrogens is 2. The van der Waals surface area contributed by atoms with Crippen molar-refractivity contribution in [2.75, 3.05) is 56.7 Å². The van der Waals surface area contributed by atoms with Gasteiger partial charge in [-0.1, -0.05) is 0 Å². The number of hydrogen-bond acceptors (Lipinski definition) is 7. The molecule has 170 valence electrons. The van der Waals surface area contributed by atoms with Crippen LogP contribution in [0.2, 0.25) is 0 Å². The molecule has 3 N–H and O–H groups in total. The lowest BCUT2D eigenvalue weighted by Crippen LogP contribution is -2.37. The summed E-state index contributed by atoms with van der Waals surface area (Å²) in [5, 5.41) is 14.9. The molecule has 2 heterocycles. The maximum Gasteiger partial charge on any atom is 0.319 e. The molecule has 0 radical (unpaired) electrons. The maximum absolute atomic E-state index is 12.8. The van der Waals surface area contributed by atoms with E-state index in [1.54, 1.807) is 25.2 Å². The average Bonchev–Trinajstić information content (AvgIpc) is 3.63. The highest BCUT2D eigenvalue weighted by Gasteiger charge is 2.23. The van der Waals surface area contributed by atoms with Gasteiger partial charge in [-0.15, -0.1) is 0 Å². The summed E-state index contributed by atoms with van der Waals surface area (Å²) >= 11 is 0. The van der Waals surface area contributed by atoms with Gasteiger partial charge >= 0.3 is 6.03 Å². The number of morpholine rings is 1. The van der Waals surface area contributed by atoms with Gasteiger partial charge in [-0.2, -0.15) is 0 Å². The van der Waals surface area contributed by atoms with Gasteiger partial charge in [-0.05, 0) is 37.1 Å². The van der Waals surface area contributed by atoms with Crippen LogP contribution in [0.5, 0.6) is 0 Å². The summed E-state index contributed by atoms with van der Waals surface area (Å²) in [4.78, 5) is 37.5. The summed E-state index contributed by atoms with van der Waals surface area (Å²) in [5.74, 6) is 0.793. The normalized spacial score (nSPS) is 15.9. The molecule has 1 saturated carbocycles. The SMILES string of the molecule is CN(CCO)C(=O)c1cc(N2CCOCC2)nc(-c2ccc(NC(=O)NC3CC3)cc2)n1. The lowest BCUT2D eigenvalue weighted by atomic mass is 10.2. The van der Waals surface area contributed by atoms with Crippen molar-refractivity contribution in [3.8, 4) is 11.4 Å². The van der Waals surface area contributed by atoms with Gasteiger partial charge in [0.2, 0.25) is 0 Å². The monoisotopic (exact) mass is 440 g/mol. The van der Waals surface area contributed by atoms with Crippen molar-refractivity contribution in [2.45, 2.75) is 18.9 Å². The van der Waals surface area contributed by atoms with Crippen molar-refractivity contribution in [3.05, 3.63) is 36.0 Å². The molecule has 1 aromatic heterocycles. The van der Waals surface area contributed by atoms with E-state index in [1.165, 1.54) is 4.90 Å². The minimum absolute atomic E-state index is 0.126. The van der Waals surface area contributed by atoms with E-state index in [0.29, 0.717) is 43.6 Å². The standard InChI is InChI=1S/C22H28N6O4/c1-27(8-11-29)21(30)18-14-19(28-9-12-32-13-10-28)26-20(25-18)15-2-4-16(5-3-15)23-22(31)24-17-6-7-17/h2-5,14,17,29H,6-13H2,1H3,(H2,23,24,31). The number of nitrogens with zero attached hydrogens (tertiary/aromatic N) is 4. The van der Waals surface area contributed by atoms with Gasteiger partial charge in [0, 0.05) is 50.0 Å². The highest BCUT2D eigenvalue weighted by Crippen LogP contribution is 2.24. The molecule has 3 amide bonds. The Kier molecular flexibility index (Phi) is 6.81. The van der Waals surface area contributed by atoms with Crippen LogP contribution in [-0.2, 0) is 4.74 Å². The zero-order valence-electron chi connectivity index (χ0n) is 18.1. The van der Waals surface area contributed by atoms with E-state index in [0.717, 1.165) is 18.4 Å². The number of urea groups is 1. The van der Waals surface area contributed by atoms with Crippen molar-refractivity contribution in [1.29, 1.82) is 0 Å². The van der Waals surface area contributed by atoms with Crippen molar-refractivity contribution < 1.29 is 19.4 Å². The number of carbonyl (C=O) groups excluding carboxylic acids is 2. The second-order valence-electron chi connectivity index (χ2n) is 7.93. The third-order valence-corrected chi connectivity index (χ3v) is 5.36. The van der Waals surface area contributed by atoms with Crippen LogP contribution < -0.4 is 15.5 Å². The molecule has 2 fully saturated rings. The molecular weight excluding hydrogens is 412 g/mol. The number of likely N-dealkylation sites (N-methyl/N-ethyl adjacent to an activating group) is 1. The van der Waals surface area contributed by atoms with E-state index in [-0.39, 0.29) is 36.8 Å². The predicted octanol–water partition coefficient (Wildman–Crippen LogP) is 1.33. The van der Waals surface area contributed by atoms with Gasteiger partial charge in [-0.25, -0.2) is 14.8 Å². The fraction of sp³-hybridized carbons (Fsp3) is 0.455. The van der Waals surface area contributed by atoms with Crippen LogP contribution in [0.1, 0.15) is 23.3 Å². The average molecular weight is 441 g/mol. The largest absolute Gasteiger partial charge is 0.395 e. The van der Waals surface area contributed by atoms with Crippen LogP contribution in [-0.4, -0.2) is 84.5 Å². The molecule has 1 saturated heterocycles. The second-order valence-corrected chi connectivity index (χ2v) is 7.93. The molecule has 1 aliphatic heterocycles. The summed E-state index contributed by atoms with van der Waals surface area (Å²) in [6.45, 7) is 2.63. The number of amides is 3. The van der Waals surface area contributed by atoms with Gasteiger partial charge in [0.15, 0.2) is 5.82 Å². The lowest BCUT2D eigenvalue weighted by Gasteiger charge is -2.28. The number of aliphatic hydroxyl groups excluding tert-OH is 1. The third kappa shape index (κ3) is 5.51. The van der Waals surface area contributed by atoms with Crippen LogP contribution in [0.15, 0.2) is 30.3 Å². The summed E-state index contributed by atoms with van der Waals surface area (Å²) in [6.07, 6.45) is 2.05. The lowest BCUT2D eigenvalue weighted by molar-refractivity contribution is 0.0761. The first-order valence-electron chi connectivity index (χ1n) is 10.8. The highest BCUT2D eigenvalue weighted by atomic mass is 16.5. The maximum atomic E-state index is 12.8. The fourth-order valence-corrected chi connectivity index (χ4v) is 3.36. The van der Waals surface area contributed by atoms with Gasteiger partial charge in [0.1, 0.15) is 11.5 Å². The summed E-state index contributed by atoms with van der Waals surface area (Å²) in [7, 11) is 1.63. The van der Waals surface area contributed by atoms with E-state index >= 15 is 0 Å². The smallest absolute Gasteiger partial charge is 0.319 e. The summed E-state index contributed by atoms with van der Waals surface area (Å²) in [5.41, 5.74) is 1.65. The zero-order valence-corrected chi connectivity index (χ0v) is 18.1. The first kappa shape index (κ1) is 22.0. The summed E-state index contributed by atoms with van der Waals surface area (Å²) in [6, 6.07) is 8.95. The molecule has 0 spiro atoms. The first-order valence-corrected chi connectivity index (χ1v) is 10.8. The van der Waals surface area contributed by atoms with Crippen LogP contribution in [0.4, 0.5) is 16.3 Å². The first-order chi connectivity index (χ1) is 15.5. The number of carbonyl (C=O) groups is 2. The molecule has 1 aliphatic carbocycles. The Morgan fingerprint density at radius 3 is 2.56 bits per heavy atom. The number of hydrogen-bond donors (Lipinski definition) is 3. The van der Waals surface area contributed by atoms with E-state index < -0.39 is 0 Å². The van der Waals surface area contributed by atoms with Gasteiger partial charge in [-0.3, -0.25) is 4.79 Å². The fourth-order valence-electron chi connectivity index (χ4n) is 3.36. The molecule has 2 aromatic rings. The van der Waals surface area contributed by atoms with Gasteiger partial charge in [0.05, 0.1) is 19.8 Å². The number of aliphatic hydroxyl groups is 1. The van der Waals surface area contributed by atoms with Crippen molar-refractivity contribution in [2.24, 2.45) is 0 Å². The molecule has 0 atom stereocenters. The van der Waals surface area contributed by atoms with E-state index in [9.17, 15) is 14.7 Å². The zero-order chi connectivity index (χ0) is 22.5. The molecule has 0 bridgehead atoms. The predicted molar refractivity (Wildman–Crippen MR) is 120 cm³/mol. The molecular formula is C22H28N6O4. The van der Waals surface area contributed by atoms with Crippen LogP contribution in [0.25, 0.3) is 11.4 Å². The molecule has 2 aliphatic rings. The molecule has 4 rings (SSSR count). The van der Waals surface area contributed by atoms with Gasteiger partial charge in [0.25, 0.3) is 5.91 Å². The number of ether oxygens (including phenoxy) is 1. The highest BCUT2D eigenvalue weighted by molar-refractivity contribution is 5.93. The third-order valence-electron chi connectivity index (χ3n) is 5.36. The minimum Gasteiger partial charge on any atom is -0.395 e. The Labute approximate surface area is 186 Å². The molecule has 1 aromatic carbocycles. The molecule has 10 nitrogen and oxygen atoms in total. The van der Waals surface area contributed by atoms with Crippen LogP contribution in [0, 0.1) is 0 Å². The molecule has 0 unspecified atom stereocenters. The number of rotatable bonds is 7. The van der Waals surface area contributed by atoms with Crippen LogP contribution >= 0.6 is 0 Å². The molecule has 32 heavy (non-hydrogen) atoms. The topological polar surface area (TPSA) is 120 Å². The Hall–Kier alpha value is -3.24. The van der Waals surface area contributed by atoms with E-state index in [4.69, 9.17) is 9.72 Å². The second kappa shape index (κ2) is 9.92. The Bertz CT molecular complexity index is 957. The number of nitrogens with one attached hydrogen (secondary N) is 2. The quantitative estimate of drug-likeness (QED) is 0.594. The van der Waals surface area contributed by atoms with Crippen molar-refractivity contribution in [3.63, 3.8) is 0 Å². The Morgan fingerprint density at radius 1 is 1.19 bits per heavy atom. The van der Waals surface area contributed by atoms with Crippen molar-refractivity contribution >= 4 is 23.4 Å². The van der Waals surface area contributed by atoms with Gasteiger partial charge < -0.3 is 30.3 Å². The number of anilines is 2. The Balaban J connectivity index is 1.58. The minimum atomic E-state index is -0.285. The molecule has 10 heteroatoms. The summed E-state index contributed by atoms with van der Waals surface area (Å²) < 4.78 is 5.43. The van der Waals surface area contributed by atoms with Crippen molar-refractivity contribution in [1.82, 2.24) is 20.2 Å². The van der Waals surface area contributed by atoms with E-state index in [2.05, 4.69) is 20.5 Å².